The summed E-state index contributed by atoms with van der Waals surface area (Å²) in [6.07, 6.45) is 0. The van der Waals surface area contributed by atoms with Gasteiger partial charge in [0.05, 0.1) is 16.2 Å². The molecule has 3 rings (SSSR count). The molecule has 0 saturated heterocycles. The van der Waals surface area contributed by atoms with Gasteiger partial charge in [-0.2, -0.15) is 0 Å². The van der Waals surface area contributed by atoms with Gasteiger partial charge in [-0.1, -0.05) is 35.9 Å². The summed E-state index contributed by atoms with van der Waals surface area (Å²) in [4.78, 5) is 15.3. The predicted octanol–water partition coefficient (Wildman–Crippen LogP) is 4.52. The van der Waals surface area contributed by atoms with E-state index < -0.39 is 16.0 Å². The molecule has 0 aliphatic heterocycles. The van der Waals surface area contributed by atoms with Crippen molar-refractivity contribution in [1.82, 2.24) is 4.98 Å². The van der Waals surface area contributed by atoms with Crippen LogP contribution in [0.25, 0.3) is 11.3 Å². The average Bonchev–Trinajstić information content (AvgIpc) is 2.61. The first-order valence-electron chi connectivity index (χ1n) is 8.28. The molecule has 0 aliphatic rings. The van der Waals surface area contributed by atoms with Gasteiger partial charge in [0.25, 0.3) is 10.0 Å². The third-order valence-corrected chi connectivity index (χ3v) is 5.73. The SMILES string of the molecule is Cc1cccc(C)c1-c1cc(Cl)cc(NS(=O)(=O)c2cccc(C(=O)O)c2)n1. The highest BCUT2D eigenvalue weighted by molar-refractivity contribution is 7.92. The number of pyridine rings is 1. The fourth-order valence-corrected chi connectivity index (χ4v) is 4.13. The molecule has 0 saturated carbocycles. The van der Waals surface area contributed by atoms with Gasteiger partial charge in [-0.05, 0) is 49.2 Å². The van der Waals surface area contributed by atoms with E-state index in [4.69, 9.17) is 16.7 Å². The van der Waals surface area contributed by atoms with E-state index in [1.165, 1.54) is 24.3 Å². The zero-order valence-corrected chi connectivity index (χ0v) is 16.7. The highest BCUT2D eigenvalue weighted by Crippen LogP contribution is 2.30. The molecule has 0 aliphatic carbocycles. The van der Waals surface area contributed by atoms with Crippen molar-refractivity contribution in [2.24, 2.45) is 0 Å². The second-order valence-corrected chi connectivity index (χ2v) is 8.38. The van der Waals surface area contributed by atoms with Crippen LogP contribution in [0.3, 0.4) is 0 Å². The number of aromatic nitrogens is 1. The zero-order chi connectivity index (χ0) is 20.5. The minimum atomic E-state index is -4.04. The predicted molar refractivity (Wildman–Crippen MR) is 108 cm³/mol. The third kappa shape index (κ3) is 4.16. The number of sulfonamides is 1. The Morgan fingerprint density at radius 3 is 2.32 bits per heavy atom. The van der Waals surface area contributed by atoms with Gasteiger partial charge in [0.1, 0.15) is 5.82 Å². The lowest BCUT2D eigenvalue weighted by Gasteiger charge is -2.13. The summed E-state index contributed by atoms with van der Waals surface area (Å²) in [6, 6.07) is 13.9. The topological polar surface area (TPSA) is 96.4 Å². The molecule has 2 N–H and O–H groups in total. The molecule has 3 aromatic rings. The van der Waals surface area contributed by atoms with E-state index in [9.17, 15) is 13.2 Å². The number of aromatic carboxylic acids is 1. The molecule has 8 heteroatoms. The Bertz CT molecular complexity index is 1160. The minimum absolute atomic E-state index is 0.0471. The number of aryl methyl sites for hydroxylation is 2. The average molecular weight is 417 g/mol. The van der Waals surface area contributed by atoms with Gasteiger partial charge in [-0.15, -0.1) is 0 Å². The number of rotatable bonds is 5. The summed E-state index contributed by atoms with van der Waals surface area (Å²) in [6.45, 7) is 3.87. The molecular weight excluding hydrogens is 400 g/mol. The summed E-state index contributed by atoms with van der Waals surface area (Å²) in [5.41, 5.74) is 3.26. The smallest absolute Gasteiger partial charge is 0.335 e. The van der Waals surface area contributed by atoms with Crippen molar-refractivity contribution < 1.29 is 18.3 Å². The zero-order valence-electron chi connectivity index (χ0n) is 15.1. The molecule has 0 spiro atoms. The number of benzene rings is 2. The maximum absolute atomic E-state index is 12.7. The Morgan fingerprint density at radius 1 is 1.04 bits per heavy atom. The number of hydrogen-bond acceptors (Lipinski definition) is 4. The highest BCUT2D eigenvalue weighted by atomic mass is 35.5. The van der Waals surface area contributed by atoms with Crippen LogP contribution in [0, 0.1) is 13.8 Å². The van der Waals surface area contributed by atoms with Crippen LogP contribution in [0.2, 0.25) is 5.02 Å². The first-order valence-corrected chi connectivity index (χ1v) is 10.1. The molecule has 0 radical (unpaired) electrons. The fraction of sp³-hybridized carbons (Fsp3) is 0.100. The number of hydrogen-bond donors (Lipinski definition) is 2. The first kappa shape index (κ1) is 19.9. The Morgan fingerprint density at radius 2 is 1.68 bits per heavy atom. The Labute approximate surface area is 167 Å². The maximum Gasteiger partial charge on any atom is 0.335 e. The van der Waals surface area contributed by atoms with Crippen molar-refractivity contribution in [2.75, 3.05) is 4.72 Å². The lowest BCUT2D eigenvalue weighted by atomic mass is 10.00. The van der Waals surface area contributed by atoms with Crippen molar-refractivity contribution in [3.05, 3.63) is 76.3 Å². The van der Waals surface area contributed by atoms with Crippen molar-refractivity contribution >= 4 is 33.4 Å². The highest BCUT2D eigenvalue weighted by Gasteiger charge is 2.18. The molecule has 0 atom stereocenters. The Kier molecular flexibility index (Phi) is 5.40. The monoisotopic (exact) mass is 416 g/mol. The number of carbonyl (C=O) groups is 1. The van der Waals surface area contributed by atoms with Crippen LogP contribution in [0.1, 0.15) is 21.5 Å². The second-order valence-electron chi connectivity index (χ2n) is 6.26. The molecule has 1 aromatic heterocycles. The summed E-state index contributed by atoms with van der Waals surface area (Å²) in [5, 5.41) is 9.39. The molecule has 0 unspecified atom stereocenters. The van der Waals surface area contributed by atoms with Crippen molar-refractivity contribution in [2.45, 2.75) is 18.7 Å². The van der Waals surface area contributed by atoms with Crippen LogP contribution in [0.4, 0.5) is 5.82 Å². The number of carboxylic acid groups (broad SMARTS) is 1. The van der Waals surface area contributed by atoms with E-state index >= 15 is 0 Å². The van der Waals surface area contributed by atoms with E-state index in [1.807, 2.05) is 32.0 Å². The number of carboxylic acids is 1. The van der Waals surface area contributed by atoms with E-state index in [0.29, 0.717) is 10.7 Å². The standard InChI is InChI=1S/C20H17ClN2O4S/c1-12-5-3-6-13(2)19(12)17-10-15(21)11-18(22-17)23-28(26,27)16-8-4-7-14(9-16)20(24)25/h3-11H,1-2H3,(H,22,23)(H,24,25). The van der Waals surface area contributed by atoms with Crippen LogP contribution in [0.15, 0.2) is 59.5 Å². The molecule has 144 valence electrons. The number of anilines is 1. The molecule has 6 nitrogen and oxygen atoms in total. The summed E-state index contributed by atoms with van der Waals surface area (Å²) < 4.78 is 27.7. The molecule has 0 bridgehead atoms. The molecular formula is C20H17ClN2O4S. The van der Waals surface area contributed by atoms with Gasteiger partial charge in [0, 0.05) is 16.7 Å². The molecule has 0 amide bonds. The summed E-state index contributed by atoms with van der Waals surface area (Å²) >= 11 is 6.19. The summed E-state index contributed by atoms with van der Waals surface area (Å²) in [5.74, 6) is -1.17. The van der Waals surface area contributed by atoms with Gasteiger partial charge >= 0.3 is 5.97 Å². The van der Waals surface area contributed by atoms with Crippen LogP contribution in [-0.2, 0) is 10.0 Å². The van der Waals surface area contributed by atoms with E-state index in [1.54, 1.807) is 6.07 Å². The van der Waals surface area contributed by atoms with Gasteiger partial charge in [-0.25, -0.2) is 18.2 Å². The number of halogens is 1. The van der Waals surface area contributed by atoms with Gasteiger partial charge in [0.2, 0.25) is 0 Å². The maximum atomic E-state index is 12.7. The van der Waals surface area contributed by atoms with Crippen molar-refractivity contribution in [1.29, 1.82) is 0 Å². The molecule has 2 aromatic carbocycles. The van der Waals surface area contributed by atoms with Gasteiger partial charge in [0.15, 0.2) is 0 Å². The number of nitrogens with one attached hydrogen (secondary N) is 1. The van der Waals surface area contributed by atoms with Crippen LogP contribution < -0.4 is 4.72 Å². The normalized spacial score (nSPS) is 11.2. The van der Waals surface area contributed by atoms with E-state index in [0.717, 1.165) is 22.8 Å². The van der Waals surface area contributed by atoms with Crippen LogP contribution in [0.5, 0.6) is 0 Å². The third-order valence-electron chi connectivity index (χ3n) is 4.16. The first-order chi connectivity index (χ1) is 13.2. The van der Waals surface area contributed by atoms with Gasteiger partial charge in [-0.3, -0.25) is 4.72 Å². The quantitative estimate of drug-likeness (QED) is 0.637. The number of nitrogens with zero attached hydrogens (tertiary/aromatic N) is 1. The van der Waals surface area contributed by atoms with E-state index in [-0.39, 0.29) is 16.3 Å². The van der Waals surface area contributed by atoms with Gasteiger partial charge < -0.3 is 5.11 Å². The molecule has 0 fully saturated rings. The van der Waals surface area contributed by atoms with Crippen molar-refractivity contribution in [3.8, 4) is 11.3 Å². The fourth-order valence-electron chi connectivity index (χ4n) is 2.89. The lowest BCUT2D eigenvalue weighted by Crippen LogP contribution is -2.15. The molecule has 28 heavy (non-hydrogen) atoms. The van der Waals surface area contributed by atoms with Crippen molar-refractivity contribution in [3.63, 3.8) is 0 Å². The minimum Gasteiger partial charge on any atom is -0.478 e. The second kappa shape index (κ2) is 7.61. The Balaban J connectivity index is 2.02. The Hall–Kier alpha value is -2.90. The van der Waals surface area contributed by atoms with Crippen LogP contribution >= 0.6 is 11.6 Å². The molecule has 1 heterocycles. The largest absolute Gasteiger partial charge is 0.478 e. The van der Waals surface area contributed by atoms with E-state index in [2.05, 4.69) is 9.71 Å². The summed E-state index contributed by atoms with van der Waals surface area (Å²) in [7, 11) is -4.04. The lowest BCUT2D eigenvalue weighted by molar-refractivity contribution is 0.0696. The van der Waals surface area contributed by atoms with Crippen LogP contribution in [-0.4, -0.2) is 24.5 Å².